The molecule has 2 N–H and O–H groups in total. The van der Waals surface area contributed by atoms with E-state index in [0.717, 1.165) is 25.3 Å². The summed E-state index contributed by atoms with van der Waals surface area (Å²) in [5.74, 6) is 2.66. The molecule has 0 unspecified atom stereocenters. The lowest BCUT2D eigenvalue weighted by Gasteiger charge is -2.22. The fourth-order valence-corrected chi connectivity index (χ4v) is 2.59. The summed E-state index contributed by atoms with van der Waals surface area (Å²) in [6, 6.07) is 3.72. The molecule has 1 aromatic rings. The van der Waals surface area contributed by atoms with Gasteiger partial charge in [0, 0.05) is 13.2 Å². The van der Waals surface area contributed by atoms with Crippen LogP contribution in [0.25, 0.3) is 0 Å². The first-order valence-corrected chi connectivity index (χ1v) is 6.71. The molecule has 0 spiro atoms. The maximum absolute atomic E-state index is 8.91. The lowest BCUT2D eigenvalue weighted by molar-refractivity contribution is 0.0538. The minimum absolute atomic E-state index is 0.0358. The van der Waals surface area contributed by atoms with Crippen LogP contribution in [0.3, 0.4) is 0 Å². The highest BCUT2D eigenvalue weighted by molar-refractivity contribution is 5.06. The maximum atomic E-state index is 8.91. The van der Waals surface area contributed by atoms with Crippen LogP contribution in [0.4, 0.5) is 0 Å². The van der Waals surface area contributed by atoms with E-state index >= 15 is 0 Å². The van der Waals surface area contributed by atoms with E-state index in [1.54, 1.807) is 0 Å². The molecule has 2 rings (SSSR count). The molecule has 0 amide bonds. The van der Waals surface area contributed by atoms with Gasteiger partial charge in [-0.25, -0.2) is 0 Å². The van der Waals surface area contributed by atoms with Crippen LogP contribution in [0.5, 0.6) is 0 Å². The van der Waals surface area contributed by atoms with Crippen molar-refractivity contribution >= 4 is 0 Å². The highest BCUT2D eigenvalue weighted by Gasteiger charge is 2.30. The average Bonchev–Trinajstić information content (AvgIpc) is 2.97. The molecule has 0 radical (unpaired) electrons. The number of nitrogens with one attached hydrogen (secondary N) is 1. The minimum Gasteiger partial charge on any atom is -0.462 e. The molecule has 102 valence electrons. The molecule has 1 fully saturated rings. The monoisotopic (exact) mass is 253 g/mol. The van der Waals surface area contributed by atoms with Gasteiger partial charge in [0.25, 0.3) is 0 Å². The summed E-state index contributed by atoms with van der Waals surface area (Å²) in [6.07, 6.45) is 1.51. The molecule has 1 aliphatic heterocycles. The second kappa shape index (κ2) is 6.36. The molecule has 0 saturated carbocycles. The van der Waals surface area contributed by atoms with E-state index in [9.17, 15) is 0 Å². The Morgan fingerprint density at radius 3 is 2.83 bits per heavy atom. The highest BCUT2D eigenvalue weighted by atomic mass is 16.5. The van der Waals surface area contributed by atoms with Crippen molar-refractivity contribution in [2.75, 3.05) is 13.2 Å². The van der Waals surface area contributed by atoms with Crippen molar-refractivity contribution in [3.8, 4) is 0 Å². The Hall–Kier alpha value is -0.840. The van der Waals surface area contributed by atoms with E-state index in [4.69, 9.17) is 14.3 Å². The van der Waals surface area contributed by atoms with E-state index in [0.29, 0.717) is 30.2 Å². The third-order valence-electron chi connectivity index (χ3n) is 3.50. The molecular weight excluding hydrogens is 230 g/mol. The number of aliphatic hydroxyl groups is 1. The standard InChI is InChI=1S/C14H23NO3/c1-10(2)14-11(5-6-17-14)7-15-8-12-3-4-13(9-16)18-12/h3-4,10-11,14-16H,5-9H2,1-2H3/t11-,14-/m1/s1. The first kappa shape index (κ1) is 13.6. The van der Waals surface area contributed by atoms with Crippen LogP contribution < -0.4 is 5.32 Å². The van der Waals surface area contributed by atoms with Crippen molar-refractivity contribution < 1.29 is 14.3 Å². The zero-order valence-electron chi connectivity index (χ0n) is 11.2. The van der Waals surface area contributed by atoms with Crippen molar-refractivity contribution in [2.45, 2.75) is 39.5 Å². The second-order valence-electron chi connectivity index (χ2n) is 5.29. The zero-order chi connectivity index (χ0) is 13.0. The lowest BCUT2D eigenvalue weighted by atomic mass is 9.93. The van der Waals surface area contributed by atoms with Gasteiger partial charge in [-0.1, -0.05) is 13.8 Å². The van der Waals surface area contributed by atoms with Gasteiger partial charge in [-0.15, -0.1) is 0 Å². The maximum Gasteiger partial charge on any atom is 0.129 e. The molecule has 18 heavy (non-hydrogen) atoms. The number of ether oxygens (including phenoxy) is 1. The number of hydrogen-bond donors (Lipinski definition) is 2. The van der Waals surface area contributed by atoms with Gasteiger partial charge in [-0.2, -0.15) is 0 Å². The fourth-order valence-electron chi connectivity index (χ4n) is 2.59. The Bertz CT molecular complexity index is 362. The molecule has 1 aliphatic rings. The molecular formula is C14H23NO3. The third kappa shape index (κ3) is 3.34. The molecule has 4 heteroatoms. The summed E-state index contributed by atoms with van der Waals surface area (Å²) in [5, 5.41) is 12.3. The zero-order valence-corrected chi connectivity index (χ0v) is 11.2. The summed E-state index contributed by atoms with van der Waals surface area (Å²) in [7, 11) is 0. The van der Waals surface area contributed by atoms with Crippen molar-refractivity contribution in [1.29, 1.82) is 0 Å². The number of furan rings is 1. The summed E-state index contributed by atoms with van der Waals surface area (Å²) in [6.45, 7) is 6.93. The summed E-state index contributed by atoms with van der Waals surface area (Å²) in [4.78, 5) is 0. The Labute approximate surface area is 108 Å². The summed E-state index contributed by atoms with van der Waals surface area (Å²) >= 11 is 0. The van der Waals surface area contributed by atoms with E-state index in [1.807, 2.05) is 12.1 Å². The molecule has 1 aromatic heterocycles. The topological polar surface area (TPSA) is 54.6 Å². The molecule has 0 aliphatic carbocycles. The van der Waals surface area contributed by atoms with Crippen LogP contribution in [0, 0.1) is 11.8 Å². The van der Waals surface area contributed by atoms with Crippen LogP contribution in [0.2, 0.25) is 0 Å². The van der Waals surface area contributed by atoms with Gasteiger partial charge in [-0.3, -0.25) is 0 Å². The summed E-state index contributed by atoms with van der Waals surface area (Å²) in [5.41, 5.74) is 0. The van der Waals surface area contributed by atoms with Gasteiger partial charge in [-0.05, 0) is 30.4 Å². The van der Waals surface area contributed by atoms with E-state index in [-0.39, 0.29) is 6.61 Å². The summed E-state index contributed by atoms with van der Waals surface area (Å²) < 4.78 is 11.2. The number of rotatable bonds is 6. The van der Waals surface area contributed by atoms with Gasteiger partial charge in [0.05, 0.1) is 12.6 Å². The minimum atomic E-state index is -0.0358. The van der Waals surface area contributed by atoms with Crippen molar-refractivity contribution in [2.24, 2.45) is 11.8 Å². The molecule has 0 aromatic carbocycles. The molecule has 0 bridgehead atoms. The van der Waals surface area contributed by atoms with Crippen molar-refractivity contribution in [1.82, 2.24) is 5.32 Å². The molecule has 2 atom stereocenters. The van der Waals surface area contributed by atoms with E-state index in [1.165, 1.54) is 0 Å². The van der Waals surface area contributed by atoms with Gasteiger partial charge in [0.1, 0.15) is 18.1 Å². The van der Waals surface area contributed by atoms with Crippen LogP contribution in [-0.4, -0.2) is 24.4 Å². The number of hydrogen-bond acceptors (Lipinski definition) is 4. The first-order chi connectivity index (χ1) is 8.70. The highest BCUT2D eigenvalue weighted by Crippen LogP contribution is 2.26. The molecule has 1 saturated heterocycles. The predicted octanol–water partition coefficient (Wildman–Crippen LogP) is 1.92. The lowest BCUT2D eigenvalue weighted by Crippen LogP contribution is -2.31. The SMILES string of the molecule is CC(C)[C@H]1OCC[C@@H]1CNCc1ccc(CO)o1. The number of aliphatic hydroxyl groups excluding tert-OH is 1. The van der Waals surface area contributed by atoms with Crippen molar-refractivity contribution in [3.63, 3.8) is 0 Å². The average molecular weight is 253 g/mol. The Morgan fingerprint density at radius 2 is 2.17 bits per heavy atom. The Balaban J connectivity index is 1.74. The van der Waals surface area contributed by atoms with Gasteiger partial charge < -0.3 is 19.6 Å². The van der Waals surface area contributed by atoms with Crippen LogP contribution >= 0.6 is 0 Å². The fraction of sp³-hybridized carbons (Fsp3) is 0.714. The largest absolute Gasteiger partial charge is 0.462 e. The smallest absolute Gasteiger partial charge is 0.129 e. The second-order valence-corrected chi connectivity index (χ2v) is 5.29. The van der Waals surface area contributed by atoms with Gasteiger partial charge >= 0.3 is 0 Å². The van der Waals surface area contributed by atoms with Gasteiger partial charge in [0.15, 0.2) is 0 Å². The van der Waals surface area contributed by atoms with E-state index in [2.05, 4.69) is 19.2 Å². The normalized spacial score (nSPS) is 24.0. The van der Waals surface area contributed by atoms with Crippen LogP contribution in [0.1, 0.15) is 31.8 Å². The van der Waals surface area contributed by atoms with Crippen LogP contribution in [-0.2, 0) is 17.9 Å². The predicted molar refractivity (Wildman–Crippen MR) is 69.0 cm³/mol. The van der Waals surface area contributed by atoms with E-state index < -0.39 is 0 Å². The first-order valence-electron chi connectivity index (χ1n) is 6.71. The molecule has 4 nitrogen and oxygen atoms in total. The van der Waals surface area contributed by atoms with Crippen molar-refractivity contribution in [3.05, 3.63) is 23.7 Å². The Kier molecular flexibility index (Phi) is 4.80. The third-order valence-corrected chi connectivity index (χ3v) is 3.50. The quantitative estimate of drug-likeness (QED) is 0.813. The van der Waals surface area contributed by atoms with Crippen LogP contribution in [0.15, 0.2) is 16.5 Å². The molecule has 2 heterocycles. The van der Waals surface area contributed by atoms with Gasteiger partial charge in [0.2, 0.25) is 0 Å². The Morgan fingerprint density at radius 1 is 1.39 bits per heavy atom.